The molecule has 0 radical (unpaired) electrons. The minimum Gasteiger partial charge on any atom is -0.461 e. The highest BCUT2D eigenvalue weighted by atomic mass is 32.1. The molecule has 5 nitrogen and oxygen atoms in total. The van der Waals surface area contributed by atoms with Crippen molar-refractivity contribution < 1.29 is 14.3 Å². The second-order valence-electron chi connectivity index (χ2n) is 4.13. The number of carbonyl (C=O) groups excluding carboxylic acids is 2. The summed E-state index contributed by atoms with van der Waals surface area (Å²) in [5, 5.41) is 4.72. The Kier molecular flexibility index (Phi) is 6.49. The third-order valence-electron chi connectivity index (χ3n) is 2.65. The van der Waals surface area contributed by atoms with Gasteiger partial charge in [-0.15, -0.1) is 11.3 Å². The maximum atomic E-state index is 12.0. The molecule has 0 aliphatic rings. The number of rotatable bonds is 7. The molecule has 0 fully saturated rings. The molecule has 1 aromatic rings. The van der Waals surface area contributed by atoms with Crippen LogP contribution in [0.3, 0.4) is 0 Å². The van der Waals surface area contributed by atoms with Crippen LogP contribution in [0.25, 0.3) is 0 Å². The first kappa shape index (κ1) is 15.6. The van der Waals surface area contributed by atoms with Crippen LogP contribution in [0.2, 0.25) is 0 Å². The largest absolute Gasteiger partial charge is 0.461 e. The molecular weight excluding hydrogens is 264 g/mol. The van der Waals surface area contributed by atoms with Gasteiger partial charge in [0, 0.05) is 11.4 Å². The van der Waals surface area contributed by atoms with Gasteiger partial charge < -0.3 is 10.1 Å². The van der Waals surface area contributed by atoms with Crippen molar-refractivity contribution in [1.29, 1.82) is 0 Å². The Balaban J connectivity index is 2.65. The van der Waals surface area contributed by atoms with Gasteiger partial charge in [0.25, 0.3) is 5.91 Å². The van der Waals surface area contributed by atoms with Crippen molar-refractivity contribution in [1.82, 2.24) is 10.3 Å². The Morgan fingerprint density at radius 2 is 2.16 bits per heavy atom. The Morgan fingerprint density at radius 3 is 2.74 bits per heavy atom. The Hall–Kier alpha value is -1.43. The SMILES string of the molecule is CCCC(CC)NC(=O)c1csc(C(=O)OCC)n1. The molecule has 1 aromatic heterocycles. The van der Waals surface area contributed by atoms with Gasteiger partial charge in [0.2, 0.25) is 5.01 Å². The first-order chi connectivity index (χ1) is 9.12. The van der Waals surface area contributed by atoms with Crippen molar-refractivity contribution in [3.05, 3.63) is 16.1 Å². The first-order valence-corrected chi connectivity index (χ1v) is 7.43. The summed E-state index contributed by atoms with van der Waals surface area (Å²) < 4.78 is 4.84. The van der Waals surface area contributed by atoms with E-state index < -0.39 is 5.97 Å². The standard InChI is InChI=1S/C13H20N2O3S/c1-4-7-9(5-2)14-11(16)10-8-19-12(15-10)13(17)18-6-3/h8-9H,4-7H2,1-3H3,(H,14,16). The van der Waals surface area contributed by atoms with Crippen molar-refractivity contribution in [2.45, 2.75) is 46.1 Å². The van der Waals surface area contributed by atoms with Crippen LogP contribution in [0, 0.1) is 0 Å². The molecule has 0 saturated carbocycles. The normalized spacial score (nSPS) is 11.9. The summed E-state index contributed by atoms with van der Waals surface area (Å²) in [6.07, 6.45) is 2.84. The molecule has 0 spiro atoms. The number of amides is 1. The number of nitrogens with zero attached hydrogens (tertiary/aromatic N) is 1. The molecule has 0 bridgehead atoms. The lowest BCUT2D eigenvalue weighted by Gasteiger charge is -2.14. The zero-order valence-electron chi connectivity index (χ0n) is 11.6. The number of aromatic nitrogens is 1. The second kappa shape index (κ2) is 7.89. The first-order valence-electron chi connectivity index (χ1n) is 6.55. The van der Waals surface area contributed by atoms with Crippen molar-refractivity contribution in [3.8, 4) is 0 Å². The summed E-state index contributed by atoms with van der Waals surface area (Å²) in [4.78, 5) is 27.4. The number of hydrogen-bond donors (Lipinski definition) is 1. The van der Waals surface area contributed by atoms with E-state index in [-0.39, 0.29) is 22.7 Å². The van der Waals surface area contributed by atoms with Crippen LogP contribution in [0.4, 0.5) is 0 Å². The third kappa shape index (κ3) is 4.63. The second-order valence-corrected chi connectivity index (χ2v) is 4.98. The number of thiazole rings is 1. The summed E-state index contributed by atoms with van der Waals surface area (Å²) in [5.41, 5.74) is 0.280. The van der Waals surface area contributed by atoms with Gasteiger partial charge in [0.1, 0.15) is 5.69 Å². The molecule has 1 heterocycles. The highest BCUT2D eigenvalue weighted by molar-refractivity contribution is 7.11. The Bertz CT molecular complexity index is 431. The molecule has 1 unspecified atom stereocenters. The fourth-order valence-corrected chi connectivity index (χ4v) is 2.34. The summed E-state index contributed by atoms with van der Waals surface area (Å²) >= 11 is 1.13. The maximum absolute atomic E-state index is 12.0. The molecule has 0 saturated heterocycles. The van der Waals surface area contributed by atoms with E-state index in [0.29, 0.717) is 6.61 Å². The number of ether oxygens (including phenoxy) is 1. The lowest BCUT2D eigenvalue weighted by Crippen LogP contribution is -2.34. The average Bonchev–Trinajstić information content (AvgIpc) is 2.88. The predicted octanol–water partition coefficient (Wildman–Crippen LogP) is 2.63. The van der Waals surface area contributed by atoms with Gasteiger partial charge in [-0.05, 0) is 19.8 Å². The van der Waals surface area contributed by atoms with E-state index in [1.807, 2.05) is 6.92 Å². The summed E-state index contributed by atoms with van der Waals surface area (Å²) in [7, 11) is 0. The van der Waals surface area contributed by atoms with E-state index in [1.54, 1.807) is 12.3 Å². The van der Waals surface area contributed by atoms with E-state index >= 15 is 0 Å². The molecule has 0 aliphatic heterocycles. The highest BCUT2D eigenvalue weighted by Crippen LogP contribution is 2.12. The average molecular weight is 284 g/mol. The molecule has 1 N–H and O–H groups in total. The Labute approximate surface area is 117 Å². The van der Waals surface area contributed by atoms with E-state index in [2.05, 4.69) is 17.2 Å². The van der Waals surface area contributed by atoms with Crippen LogP contribution in [0.1, 0.15) is 60.3 Å². The van der Waals surface area contributed by atoms with E-state index in [1.165, 1.54) is 0 Å². The van der Waals surface area contributed by atoms with Crippen molar-refractivity contribution in [2.75, 3.05) is 6.61 Å². The number of hydrogen-bond acceptors (Lipinski definition) is 5. The summed E-state index contributed by atoms with van der Waals surface area (Å²) in [6.45, 7) is 6.15. The van der Waals surface area contributed by atoms with Crippen LogP contribution >= 0.6 is 11.3 Å². The summed E-state index contributed by atoms with van der Waals surface area (Å²) in [6, 6.07) is 0.158. The van der Waals surface area contributed by atoms with Gasteiger partial charge >= 0.3 is 5.97 Å². The van der Waals surface area contributed by atoms with Crippen molar-refractivity contribution in [2.24, 2.45) is 0 Å². The number of nitrogens with one attached hydrogen (secondary N) is 1. The minimum atomic E-state index is -0.479. The smallest absolute Gasteiger partial charge is 0.367 e. The predicted molar refractivity (Wildman–Crippen MR) is 74.5 cm³/mol. The molecule has 106 valence electrons. The molecule has 6 heteroatoms. The molecule has 0 aromatic carbocycles. The fourth-order valence-electron chi connectivity index (χ4n) is 1.65. The van der Waals surface area contributed by atoms with Crippen LogP contribution < -0.4 is 5.32 Å². The van der Waals surface area contributed by atoms with Gasteiger partial charge in [-0.25, -0.2) is 9.78 Å². The summed E-state index contributed by atoms with van der Waals surface area (Å²) in [5.74, 6) is -0.709. The highest BCUT2D eigenvalue weighted by Gasteiger charge is 2.18. The lowest BCUT2D eigenvalue weighted by molar-refractivity contribution is 0.0526. The van der Waals surface area contributed by atoms with Crippen LogP contribution in [0.5, 0.6) is 0 Å². The minimum absolute atomic E-state index is 0.158. The van der Waals surface area contributed by atoms with Crippen molar-refractivity contribution in [3.63, 3.8) is 0 Å². The van der Waals surface area contributed by atoms with Gasteiger partial charge in [-0.2, -0.15) is 0 Å². The maximum Gasteiger partial charge on any atom is 0.367 e. The zero-order chi connectivity index (χ0) is 14.3. The molecular formula is C13H20N2O3S. The van der Waals surface area contributed by atoms with Crippen LogP contribution in [-0.4, -0.2) is 29.5 Å². The van der Waals surface area contributed by atoms with E-state index in [9.17, 15) is 9.59 Å². The Morgan fingerprint density at radius 1 is 1.42 bits per heavy atom. The van der Waals surface area contributed by atoms with Crippen LogP contribution in [0.15, 0.2) is 5.38 Å². The third-order valence-corrected chi connectivity index (χ3v) is 3.47. The molecule has 1 rings (SSSR count). The zero-order valence-corrected chi connectivity index (χ0v) is 12.4. The van der Waals surface area contributed by atoms with Crippen LogP contribution in [-0.2, 0) is 4.74 Å². The van der Waals surface area contributed by atoms with Gasteiger partial charge in [-0.3, -0.25) is 4.79 Å². The van der Waals surface area contributed by atoms with Gasteiger partial charge in [-0.1, -0.05) is 20.3 Å². The molecule has 19 heavy (non-hydrogen) atoms. The van der Waals surface area contributed by atoms with Gasteiger partial charge in [0.15, 0.2) is 0 Å². The topological polar surface area (TPSA) is 68.3 Å². The van der Waals surface area contributed by atoms with E-state index in [4.69, 9.17) is 4.74 Å². The number of esters is 1. The molecule has 1 amide bonds. The molecule has 0 aliphatic carbocycles. The fraction of sp³-hybridized carbons (Fsp3) is 0.615. The monoisotopic (exact) mass is 284 g/mol. The number of carbonyl (C=O) groups is 2. The van der Waals surface area contributed by atoms with Gasteiger partial charge in [0.05, 0.1) is 6.61 Å². The molecule has 1 atom stereocenters. The lowest BCUT2D eigenvalue weighted by atomic mass is 10.1. The quantitative estimate of drug-likeness (QED) is 0.781. The van der Waals surface area contributed by atoms with Crippen molar-refractivity contribution >= 4 is 23.2 Å². The van der Waals surface area contributed by atoms with E-state index in [0.717, 1.165) is 30.6 Å².